The molecule has 0 aromatic heterocycles. The van der Waals surface area contributed by atoms with Gasteiger partial charge >= 0.3 is 0 Å². The van der Waals surface area contributed by atoms with Crippen molar-refractivity contribution < 1.29 is 13.2 Å². The van der Waals surface area contributed by atoms with Gasteiger partial charge in [0.05, 0.1) is 11.7 Å². The Morgan fingerprint density at radius 3 is 2.07 bits per heavy atom. The predicted molar refractivity (Wildman–Crippen MR) is 111 cm³/mol. The van der Waals surface area contributed by atoms with Gasteiger partial charge in [-0.3, -0.25) is 5.41 Å². The van der Waals surface area contributed by atoms with Crippen LogP contribution >= 0.6 is 23.2 Å². The second-order valence-corrected chi connectivity index (χ2v) is 11.8. The average Bonchev–Trinajstić information content (AvgIpc) is 2.58. The Morgan fingerprint density at radius 2 is 1.67 bits per heavy atom. The second kappa shape index (κ2) is 11.1. The van der Waals surface area contributed by atoms with Gasteiger partial charge in [0, 0.05) is 19.2 Å². The van der Waals surface area contributed by atoms with Gasteiger partial charge in [-0.15, -0.1) is 0 Å². The van der Waals surface area contributed by atoms with Crippen molar-refractivity contribution in [3.63, 3.8) is 0 Å². The monoisotopic (exact) mass is 437 g/mol. The van der Waals surface area contributed by atoms with Gasteiger partial charge in [-0.05, 0) is 35.8 Å². The highest BCUT2D eigenvalue weighted by Gasteiger charge is 2.34. The summed E-state index contributed by atoms with van der Waals surface area (Å²) in [7, 11) is -2.05. The molecule has 0 aliphatic rings. The second-order valence-electron chi connectivity index (χ2n) is 6.33. The summed E-state index contributed by atoms with van der Waals surface area (Å²) in [4.78, 5) is 0. The highest BCUT2D eigenvalue weighted by atomic mass is 35.5. The van der Waals surface area contributed by atoms with E-state index in [2.05, 4.69) is 26.1 Å². The van der Waals surface area contributed by atoms with Gasteiger partial charge in [0.1, 0.15) is 22.0 Å². The SMILES string of the molecule is CC[Si](CC)(CC)OC(CNCc1cc(F)cc(F)c1)/C(C(=N)Cl)=C(/N)Cl. The summed E-state index contributed by atoms with van der Waals surface area (Å²) in [6.07, 6.45) is -0.613. The zero-order chi connectivity index (χ0) is 20.6. The average molecular weight is 438 g/mol. The van der Waals surface area contributed by atoms with Crippen LogP contribution in [0.4, 0.5) is 8.78 Å². The Kier molecular flexibility index (Phi) is 9.90. The van der Waals surface area contributed by atoms with E-state index in [1.807, 2.05) is 0 Å². The van der Waals surface area contributed by atoms with Gasteiger partial charge in [0.15, 0.2) is 8.32 Å². The molecular weight excluding hydrogens is 411 g/mol. The first-order valence-electron chi connectivity index (χ1n) is 8.91. The fourth-order valence-electron chi connectivity index (χ4n) is 2.97. The van der Waals surface area contributed by atoms with E-state index in [0.29, 0.717) is 5.56 Å². The third-order valence-electron chi connectivity index (χ3n) is 4.72. The molecule has 0 aliphatic carbocycles. The molecule has 0 saturated carbocycles. The normalized spacial score (nSPS) is 14.0. The highest BCUT2D eigenvalue weighted by molar-refractivity contribution is 6.74. The summed E-state index contributed by atoms with van der Waals surface area (Å²) in [5, 5.41) is 10.5. The zero-order valence-electron chi connectivity index (χ0n) is 15.8. The Balaban J connectivity index is 3.00. The molecule has 1 aromatic rings. The quantitative estimate of drug-likeness (QED) is 0.257. The van der Waals surface area contributed by atoms with Crippen molar-refractivity contribution in [2.24, 2.45) is 5.73 Å². The van der Waals surface area contributed by atoms with Crippen LogP contribution in [0.3, 0.4) is 0 Å². The maximum Gasteiger partial charge on any atom is 0.192 e. The molecule has 0 fully saturated rings. The van der Waals surface area contributed by atoms with Crippen LogP contribution in [0.5, 0.6) is 0 Å². The third kappa shape index (κ3) is 7.16. The zero-order valence-corrected chi connectivity index (χ0v) is 18.4. The molecule has 0 spiro atoms. The topological polar surface area (TPSA) is 71.1 Å². The smallest absolute Gasteiger partial charge is 0.192 e. The minimum atomic E-state index is -2.05. The van der Waals surface area contributed by atoms with Gasteiger partial charge in [-0.25, -0.2) is 8.78 Å². The summed E-state index contributed by atoms with van der Waals surface area (Å²) in [6, 6.07) is 6.03. The molecule has 0 saturated heterocycles. The minimum absolute atomic E-state index is 0.0928. The molecule has 0 radical (unpaired) electrons. The lowest BCUT2D eigenvalue weighted by atomic mass is 10.1. The van der Waals surface area contributed by atoms with Crippen molar-refractivity contribution in [1.29, 1.82) is 5.41 Å². The van der Waals surface area contributed by atoms with Crippen LogP contribution in [-0.4, -0.2) is 26.1 Å². The Hall–Kier alpha value is -0.993. The molecule has 0 aliphatic heterocycles. The molecule has 0 amide bonds. The highest BCUT2D eigenvalue weighted by Crippen LogP contribution is 2.27. The maximum absolute atomic E-state index is 13.3. The van der Waals surface area contributed by atoms with Crippen molar-refractivity contribution in [2.45, 2.75) is 51.6 Å². The summed E-state index contributed by atoms with van der Waals surface area (Å²) >= 11 is 11.9. The fraction of sp³-hybridized carbons (Fsp3) is 0.500. The van der Waals surface area contributed by atoms with E-state index < -0.39 is 26.1 Å². The Bertz CT molecular complexity index is 652. The van der Waals surface area contributed by atoms with Crippen molar-refractivity contribution in [1.82, 2.24) is 5.32 Å². The first-order chi connectivity index (χ1) is 12.7. The van der Waals surface area contributed by atoms with Gasteiger partial charge in [-0.2, -0.15) is 0 Å². The van der Waals surface area contributed by atoms with Crippen LogP contribution < -0.4 is 11.1 Å². The van der Waals surface area contributed by atoms with E-state index in [1.165, 1.54) is 12.1 Å². The lowest BCUT2D eigenvalue weighted by Gasteiger charge is -2.34. The molecule has 0 heterocycles. The predicted octanol–water partition coefficient (Wildman–Crippen LogP) is 5.07. The Morgan fingerprint density at radius 1 is 1.15 bits per heavy atom. The maximum atomic E-state index is 13.3. The lowest BCUT2D eigenvalue weighted by Crippen LogP contribution is -2.45. The summed E-state index contributed by atoms with van der Waals surface area (Å²) in [5.41, 5.74) is 6.42. The molecule has 1 aromatic carbocycles. The number of halogens is 4. The van der Waals surface area contributed by atoms with Crippen molar-refractivity contribution in [3.05, 3.63) is 46.1 Å². The molecule has 152 valence electrons. The molecular formula is C18H27Cl2F2N3OSi. The first-order valence-corrected chi connectivity index (χ1v) is 12.2. The van der Waals surface area contributed by atoms with Crippen LogP contribution in [0.2, 0.25) is 18.1 Å². The number of nitrogens with two attached hydrogens (primary N) is 1. The summed E-state index contributed by atoms with van der Waals surface area (Å²) < 4.78 is 33.1. The molecule has 4 N–H and O–H groups in total. The van der Waals surface area contributed by atoms with Crippen molar-refractivity contribution >= 4 is 36.7 Å². The molecule has 1 unspecified atom stereocenters. The van der Waals surface area contributed by atoms with E-state index >= 15 is 0 Å². The summed E-state index contributed by atoms with van der Waals surface area (Å²) in [5.74, 6) is -1.27. The standard InChI is InChI=1S/C18H27Cl2F2N3OSi/c1-4-27(5-2,6-3)26-15(16(17(19)23)18(20)24)11-25-10-12-7-13(21)9-14(22)8-12/h7-9,15,23,25H,4-6,10-11,24H2,1-3H3/b18-16-,23-17?. The summed E-state index contributed by atoms with van der Waals surface area (Å²) in [6.45, 7) is 6.72. The van der Waals surface area contributed by atoms with Crippen LogP contribution in [-0.2, 0) is 11.0 Å². The van der Waals surface area contributed by atoms with Crippen molar-refractivity contribution in [3.8, 4) is 0 Å². The van der Waals surface area contributed by atoms with E-state index in [1.54, 1.807) is 0 Å². The number of benzene rings is 1. The van der Waals surface area contributed by atoms with E-state index in [9.17, 15) is 8.78 Å². The molecule has 4 nitrogen and oxygen atoms in total. The number of hydrogen-bond donors (Lipinski definition) is 3. The van der Waals surface area contributed by atoms with Crippen LogP contribution in [0.25, 0.3) is 0 Å². The van der Waals surface area contributed by atoms with Crippen molar-refractivity contribution in [2.75, 3.05) is 6.54 Å². The number of nitrogens with one attached hydrogen (secondary N) is 2. The van der Waals surface area contributed by atoms with Gasteiger partial charge in [0.2, 0.25) is 0 Å². The first kappa shape index (κ1) is 24.0. The molecule has 27 heavy (non-hydrogen) atoms. The fourth-order valence-corrected chi connectivity index (χ4v) is 6.26. The van der Waals surface area contributed by atoms with Crippen LogP contribution in [0, 0.1) is 17.0 Å². The Labute approximate surface area is 170 Å². The van der Waals surface area contributed by atoms with Crippen LogP contribution in [0.1, 0.15) is 26.3 Å². The lowest BCUT2D eigenvalue weighted by molar-refractivity contribution is 0.221. The molecule has 1 atom stereocenters. The van der Waals surface area contributed by atoms with E-state index in [0.717, 1.165) is 24.2 Å². The van der Waals surface area contributed by atoms with Gasteiger partial charge in [-0.1, -0.05) is 44.0 Å². The number of rotatable bonds is 11. The number of hydrogen-bond acceptors (Lipinski definition) is 4. The molecule has 0 bridgehead atoms. The van der Waals surface area contributed by atoms with Gasteiger partial charge < -0.3 is 15.5 Å². The molecule has 1 rings (SSSR count). The van der Waals surface area contributed by atoms with Crippen LogP contribution in [0.15, 0.2) is 28.9 Å². The molecule has 9 heteroatoms. The van der Waals surface area contributed by atoms with E-state index in [4.69, 9.17) is 38.8 Å². The largest absolute Gasteiger partial charge is 0.408 e. The van der Waals surface area contributed by atoms with Gasteiger partial charge in [0.25, 0.3) is 0 Å². The van der Waals surface area contributed by atoms with E-state index in [-0.39, 0.29) is 29.0 Å². The minimum Gasteiger partial charge on any atom is -0.408 e. The third-order valence-corrected chi connectivity index (χ3v) is 9.78.